The predicted octanol–water partition coefficient (Wildman–Crippen LogP) is 2.78. The van der Waals surface area contributed by atoms with E-state index in [9.17, 15) is 9.59 Å². The molecule has 0 aromatic heterocycles. The van der Waals surface area contributed by atoms with E-state index in [1.54, 1.807) is 6.92 Å². The quantitative estimate of drug-likeness (QED) is 0.299. The van der Waals surface area contributed by atoms with Gasteiger partial charge in [0.1, 0.15) is 6.42 Å². The minimum Gasteiger partial charge on any atom is -0.466 e. The van der Waals surface area contributed by atoms with Crippen molar-refractivity contribution in [1.82, 2.24) is 0 Å². The summed E-state index contributed by atoms with van der Waals surface area (Å²) in [6.07, 6.45) is 3.68. The Hall–Kier alpha value is -0.580. The van der Waals surface area contributed by atoms with Crippen LogP contribution in [0.1, 0.15) is 46.0 Å². The standard InChI is InChI=1S/C11H19BrO4/c1-3-5-6-7-9(12)16-11(14)8-10(13)15-4-2/h9H,3-8H2,1-2H3. The number of rotatable bonds is 8. The van der Waals surface area contributed by atoms with Gasteiger partial charge >= 0.3 is 11.9 Å². The van der Waals surface area contributed by atoms with E-state index in [0.29, 0.717) is 0 Å². The molecule has 0 aromatic rings. The van der Waals surface area contributed by atoms with E-state index in [1.807, 2.05) is 0 Å². The summed E-state index contributed by atoms with van der Waals surface area (Å²) in [6.45, 7) is 4.08. The first-order valence-corrected chi connectivity index (χ1v) is 6.50. The molecule has 4 nitrogen and oxygen atoms in total. The number of carbonyl (C=O) groups excluding carboxylic acids is 2. The maximum atomic E-state index is 11.2. The molecule has 0 spiro atoms. The Bertz CT molecular complexity index is 218. The second-order valence-electron chi connectivity index (χ2n) is 3.38. The van der Waals surface area contributed by atoms with E-state index in [0.717, 1.165) is 25.7 Å². The molecule has 0 aliphatic rings. The largest absolute Gasteiger partial charge is 0.466 e. The van der Waals surface area contributed by atoms with Crippen LogP contribution in [0.2, 0.25) is 0 Å². The highest BCUT2D eigenvalue weighted by atomic mass is 79.9. The van der Waals surface area contributed by atoms with Crippen molar-refractivity contribution >= 4 is 27.9 Å². The van der Waals surface area contributed by atoms with Crippen molar-refractivity contribution in [3.8, 4) is 0 Å². The van der Waals surface area contributed by atoms with Crippen LogP contribution in [0.25, 0.3) is 0 Å². The number of ether oxygens (including phenoxy) is 2. The van der Waals surface area contributed by atoms with E-state index in [2.05, 4.69) is 27.6 Å². The van der Waals surface area contributed by atoms with Crippen LogP contribution in [0.5, 0.6) is 0 Å². The first kappa shape index (κ1) is 15.4. The molecule has 0 N–H and O–H groups in total. The molecule has 0 radical (unpaired) electrons. The monoisotopic (exact) mass is 294 g/mol. The molecule has 94 valence electrons. The van der Waals surface area contributed by atoms with Gasteiger partial charge in [0, 0.05) is 0 Å². The number of unbranched alkanes of at least 4 members (excludes halogenated alkanes) is 2. The molecule has 16 heavy (non-hydrogen) atoms. The first-order chi connectivity index (χ1) is 7.60. The minimum absolute atomic E-state index is 0.278. The summed E-state index contributed by atoms with van der Waals surface area (Å²) in [5, 5.41) is -0.305. The van der Waals surface area contributed by atoms with Crippen LogP contribution in [-0.4, -0.2) is 23.6 Å². The lowest BCUT2D eigenvalue weighted by Crippen LogP contribution is -2.17. The predicted molar refractivity (Wildman–Crippen MR) is 64.2 cm³/mol. The molecule has 0 bridgehead atoms. The Morgan fingerprint density at radius 1 is 1.19 bits per heavy atom. The highest BCUT2D eigenvalue weighted by Crippen LogP contribution is 2.13. The summed E-state index contributed by atoms with van der Waals surface area (Å²) < 4.78 is 9.63. The average molecular weight is 295 g/mol. The van der Waals surface area contributed by atoms with E-state index >= 15 is 0 Å². The first-order valence-electron chi connectivity index (χ1n) is 5.59. The maximum Gasteiger partial charge on any atom is 0.318 e. The van der Waals surface area contributed by atoms with Crippen molar-refractivity contribution in [1.29, 1.82) is 0 Å². The highest BCUT2D eigenvalue weighted by Gasteiger charge is 2.15. The summed E-state index contributed by atoms with van der Waals surface area (Å²) >= 11 is 3.24. The Labute approximate surface area is 105 Å². The Morgan fingerprint density at radius 2 is 1.88 bits per heavy atom. The van der Waals surface area contributed by atoms with Crippen LogP contribution in [0, 0.1) is 0 Å². The van der Waals surface area contributed by atoms with Crippen molar-refractivity contribution in [3.05, 3.63) is 0 Å². The molecule has 5 heteroatoms. The molecule has 0 aliphatic heterocycles. The summed E-state index contributed by atoms with van der Waals surface area (Å²) in [5.41, 5.74) is 0. The summed E-state index contributed by atoms with van der Waals surface area (Å²) in [7, 11) is 0. The van der Waals surface area contributed by atoms with Crippen LogP contribution in [0.15, 0.2) is 0 Å². The molecule has 1 unspecified atom stereocenters. The van der Waals surface area contributed by atoms with Crippen molar-refractivity contribution in [2.24, 2.45) is 0 Å². The molecule has 0 saturated carbocycles. The van der Waals surface area contributed by atoms with E-state index < -0.39 is 11.9 Å². The zero-order valence-corrected chi connectivity index (χ0v) is 11.4. The second-order valence-corrected chi connectivity index (χ2v) is 4.40. The van der Waals surface area contributed by atoms with Crippen LogP contribution < -0.4 is 0 Å². The van der Waals surface area contributed by atoms with Gasteiger partial charge in [-0.1, -0.05) is 19.8 Å². The van der Waals surface area contributed by atoms with Gasteiger partial charge in [-0.25, -0.2) is 0 Å². The zero-order chi connectivity index (χ0) is 12.4. The minimum atomic E-state index is -0.545. The molecule has 0 heterocycles. The van der Waals surface area contributed by atoms with Crippen molar-refractivity contribution in [3.63, 3.8) is 0 Å². The van der Waals surface area contributed by atoms with Gasteiger partial charge in [-0.3, -0.25) is 9.59 Å². The fourth-order valence-electron chi connectivity index (χ4n) is 1.13. The summed E-state index contributed by atoms with van der Waals surface area (Å²) in [4.78, 5) is 22.2. The van der Waals surface area contributed by atoms with Crippen LogP contribution in [0.3, 0.4) is 0 Å². The number of hydrogen-bond acceptors (Lipinski definition) is 4. The Morgan fingerprint density at radius 3 is 2.44 bits per heavy atom. The van der Waals surface area contributed by atoms with E-state index in [1.165, 1.54) is 0 Å². The molecular weight excluding hydrogens is 276 g/mol. The van der Waals surface area contributed by atoms with Crippen LogP contribution >= 0.6 is 15.9 Å². The normalized spacial score (nSPS) is 11.9. The van der Waals surface area contributed by atoms with Gasteiger partial charge in [0.2, 0.25) is 0 Å². The smallest absolute Gasteiger partial charge is 0.318 e. The SMILES string of the molecule is CCCCCC(Br)OC(=O)CC(=O)OCC. The topological polar surface area (TPSA) is 52.6 Å². The van der Waals surface area contributed by atoms with Gasteiger partial charge in [-0.2, -0.15) is 0 Å². The van der Waals surface area contributed by atoms with Gasteiger partial charge in [0.25, 0.3) is 0 Å². The number of carbonyl (C=O) groups is 2. The lowest BCUT2D eigenvalue weighted by molar-refractivity contribution is -0.155. The van der Waals surface area contributed by atoms with Gasteiger partial charge in [0.05, 0.1) is 6.61 Å². The van der Waals surface area contributed by atoms with Crippen LogP contribution in [0.4, 0.5) is 0 Å². The molecule has 0 aliphatic carbocycles. The Kier molecular flexibility index (Phi) is 9.28. The molecule has 1 atom stereocenters. The molecule has 0 rings (SSSR count). The van der Waals surface area contributed by atoms with Crippen molar-refractivity contribution < 1.29 is 19.1 Å². The van der Waals surface area contributed by atoms with Crippen molar-refractivity contribution in [2.75, 3.05) is 6.61 Å². The van der Waals surface area contributed by atoms with E-state index in [-0.39, 0.29) is 18.0 Å². The third-order valence-corrected chi connectivity index (χ3v) is 2.53. The molecule has 0 amide bonds. The van der Waals surface area contributed by atoms with Gasteiger partial charge < -0.3 is 9.47 Å². The van der Waals surface area contributed by atoms with Gasteiger partial charge in [-0.15, -0.1) is 0 Å². The highest BCUT2D eigenvalue weighted by molar-refractivity contribution is 9.09. The molecular formula is C11H19BrO4. The Balaban J connectivity index is 3.65. The van der Waals surface area contributed by atoms with Crippen molar-refractivity contribution in [2.45, 2.75) is 51.0 Å². The molecule has 0 fully saturated rings. The zero-order valence-electron chi connectivity index (χ0n) is 9.83. The summed E-state index contributed by atoms with van der Waals surface area (Å²) in [6, 6.07) is 0. The number of halogens is 1. The summed E-state index contributed by atoms with van der Waals surface area (Å²) in [5.74, 6) is -1.09. The fourth-order valence-corrected chi connectivity index (χ4v) is 1.66. The fraction of sp³-hybridized carbons (Fsp3) is 0.818. The van der Waals surface area contributed by atoms with Crippen LogP contribution in [-0.2, 0) is 19.1 Å². The number of esters is 2. The molecule has 0 aromatic carbocycles. The number of hydrogen-bond donors (Lipinski definition) is 0. The van der Waals surface area contributed by atoms with Gasteiger partial charge in [-0.05, 0) is 35.7 Å². The lowest BCUT2D eigenvalue weighted by Gasteiger charge is -2.10. The van der Waals surface area contributed by atoms with Gasteiger partial charge in [0.15, 0.2) is 5.01 Å². The third-order valence-electron chi connectivity index (χ3n) is 1.89. The number of alkyl halides is 1. The second kappa shape index (κ2) is 9.63. The lowest BCUT2D eigenvalue weighted by atomic mass is 10.2. The maximum absolute atomic E-state index is 11.2. The molecule has 0 saturated heterocycles. The average Bonchev–Trinajstić information content (AvgIpc) is 2.17. The third kappa shape index (κ3) is 8.71. The van der Waals surface area contributed by atoms with E-state index in [4.69, 9.17) is 4.74 Å².